The lowest BCUT2D eigenvalue weighted by molar-refractivity contribution is 0.0601. The lowest BCUT2D eigenvalue weighted by Gasteiger charge is -2.12. The number of fused-ring (bicyclic) bond motifs is 1. The fourth-order valence-electron chi connectivity index (χ4n) is 3.60. The largest absolute Gasteiger partial charge is 0.465 e. The molecule has 1 aliphatic rings. The number of thiocarbonyl (C=S) groups is 1. The summed E-state index contributed by atoms with van der Waals surface area (Å²) in [5, 5.41) is 12.9. The number of esters is 1. The lowest BCUT2D eigenvalue weighted by atomic mass is 9.95. The summed E-state index contributed by atoms with van der Waals surface area (Å²) in [6, 6.07) is 5.40. The maximum atomic E-state index is 12.4. The highest BCUT2D eigenvalue weighted by Gasteiger charge is 2.26. The molecule has 1 aliphatic carbocycles. The number of aromatic nitrogens is 2. The SMILES string of the molecule is COC(=O)c1c(NC(=S)Nc2cnn(Cc3c(Cl)cccc3Cl)c2)sc2c1CCCC2. The summed E-state index contributed by atoms with van der Waals surface area (Å²) in [7, 11) is 1.40. The number of aryl methyl sites for hydroxylation is 1. The molecule has 3 aromatic rings. The number of nitrogens with zero attached hydrogens (tertiary/aromatic N) is 2. The maximum Gasteiger partial charge on any atom is 0.341 e. The molecule has 10 heteroatoms. The summed E-state index contributed by atoms with van der Waals surface area (Å²) >= 11 is 19.5. The molecule has 0 fully saturated rings. The molecule has 6 nitrogen and oxygen atoms in total. The molecule has 2 aromatic heterocycles. The first kappa shape index (κ1) is 22.1. The number of hydrogen-bond acceptors (Lipinski definition) is 5. The Bertz CT molecular complexity index is 1120. The van der Waals surface area contributed by atoms with Crippen molar-refractivity contribution in [1.82, 2.24) is 9.78 Å². The van der Waals surface area contributed by atoms with Crippen LogP contribution in [-0.2, 0) is 24.1 Å². The van der Waals surface area contributed by atoms with E-state index in [0.717, 1.165) is 36.8 Å². The lowest BCUT2D eigenvalue weighted by Crippen LogP contribution is -2.20. The fraction of sp³-hybridized carbons (Fsp3) is 0.286. The molecule has 4 rings (SSSR count). The predicted molar refractivity (Wildman–Crippen MR) is 130 cm³/mol. The molecule has 2 N–H and O–H groups in total. The zero-order valence-electron chi connectivity index (χ0n) is 16.7. The van der Waals surface area contributed by atoms with Gasteiger partial charge < -0.3 is 15.4 Å². The van der Waals surface area contributed by atoms with E-state index in [0.29, 0.717) is 38.0 Å². The number of thiophene rings is 1. The number of benzene rings is 1. The average Bonchev–Trinajstić information content (AvgIpc) is 3.33. The van der Waals surface area contributed by atoms with Crippen molar-refractivity contribution in [3.8, 4) is 0 Å². The summed E-state index contributed by atoms with van der Waals surface area (Å²) < 4.78 is 6.73. The Kier molecular flexibility index (Phi) is 6.81. The summed E-state index contributed by atoms with van der Waals surface area (Å²) in [6.07, 6.45) is 7.54. The van der Waals surface area contributed by atoms with Gasteiger partial charge in [-0.15, -0.1) is 11.3 Å². The Morgan fingerprint density at radius 1 is 1.26 bits per heavy atom. The highest BCUT2D eigenvalue weighted by atomic mass is 35.5. The van der Waals surface area contributed by atoms with Crippen LogP contribution in [0.4, 0.5) is 10.7 Å². The minimum absolute atomic E-state index is 0.339. The van der Waals surface area contributed by atoms with Gasteiger partial charge in [0.25, 0.3) is 0 Å². The van der Waals surface area contributed by atoms with Crippen molar-refractivity contribution in [3.05, 3.63) is 62.2 Å². The second-order valence-corrected chi connectivity index (χ2v) is 9.44. The minimum atomic E-state index is -0.339. The molecular weight excluding hydrogens is 475 g/mol. The first-order chi connectivity index (χ1) is 15.0. The molecule has 31 heavy (non-hydrogen) atoms. The van der Waals surface area contributed by atoms with Gasteiger partial charge in [0, 0.05) is 26.7 Å². The van der Waals surface area contributed by atoms with Crippen LogP contribution in [0.15, 0.2) is 30.6 Å². The molecule has 0 spiro atoms. The van der Waals surface area contributed by atoms with Crippen molar-refractivity contribution in [2.24, 2.45) is 0 Å². The van der Waals surface area contributed by atoms with Gasteiger partial charge in [0.05, 0.1) is 31.1 Å². The van der Waals surface area contributed by atoms with Crippen LogP contribution >= 0.6 is 46.8 Å². The van der Waals surface area contributed by atoms with E-state index in [-0.39, 0.29) is 5.97 Å². The molecule has 0 radical (unpaired) electrons. The van der Waals surface area contributed by atoms with E-state index in [1.54, 1.807) is 40.4 Å². The third-order valence-electron chi connectivity index (χ3n) is 5.06. The number of hydrogen-bond donors (Lipinski definition) is 2. The van der Waals surface area contributed by atoms with Gasteiger partial charge in [0.1, 0.15) is 5.00 Å². The van der Waals surface area contributed by atoms with Crippen molar-refractivity contribution in [1.29, 1.82) is 0 Å². The van der Waals surface area contributed by atoms with Crippen LogP contribution in [0.3, 0.4) is 0 Å². The van der Waals surface area contributed by atoms with Gasteiger partial charge >= 0.3 is 5.97 Å². The molecule has 0 atom stereocenters. The molecule has 0 bridgehead atoms. The van der Waals surface area contributed by atoms with Crippen molar-refractivity contribution in [2.75, 3.05) is 17.7 Å². The monoisotopic (exact) mass is 494 g/mol. The zero-order valence-corrected chi connectivity index (χ0v) is 19.9. The van der Waals surface area contributed by atoms with Gasteiger partial charge in [-0.05, 0) is 55.6 Å². The van der Waals surface area contributed by atoms with Crippen LogP contribution < -0.4 is 10.6 Å². The Morgan fingerprint density at radius 2 is 2.00 bits per heavy atom. The highest BCUT2D eigenvalue weighted by molar-refractivity contribution is 7.80. The maximum absolute atomic E-state index is 12.4. The third kappa shape index (κ3) is 4.87. The quantitative estimate of drug-likeness (QED) is 0.346. The fourth-order valence-corrected chi connectivity index (χ4v) is 5.68. The molecule has 0 aliphatic heterocycles. The van der Waals surface area contributed by atoms with Crippen molar-refractivity contribution >= 4 is 68.5 Å². The number of halogens is 2. The number of carbonyl (C=O) groups is 1. The second-order valence-electron chi connectivity index (χ2n) is 7.11. The Morgan fingerprint density at radius 3 is 2.74 bits per heavy atom. The van der Waals surface area contributed by atoms with E-state index in [2.05, 4.69) is 15.7 Å². The van der Waals surface area contributed by atoms with Gasteiger partial charge in [0.15, 0.2) is 5.11 Å². The van der Waals surface area contributed by atoms with Crippen LogP contribution in [0.1, 0.15) is 39.2 Å². The molecule has 2 heterocycles. The van der Waals surface area contributed by atoms with Crippen LogP contribution in [0.25, 0.3) is 0 Å². The molecule has 162 valence electrons. The van der Waals surface area contributed by atoms with Gasteiger partial charge in [-0.2, -0.15) is 5.10 Å². The standard InChI is InChI=1S/C21H20Cl2N4O2S2/c1-29-20(28)18-13-5-2-3-8-17(13)31-19(18)26-21(30)25-12-9-24-27(10-12)11-14-15(22)6-4-7-16(14)23/h4,6-7,9-10H,2-3,5,8,11H2,1H3,(H2,25,26,30). The minimum Gasteiger partial charge on any atom is -0.465 e. The molecule has 0 saturated heterocycles. The third-order valence-corrected chi connectivity index (χ3v) is 7.18. The number of ether oxygens (including phenoxy) is 1. The zero-order chi connectivity index (χ0) is 22.0. The Labute approximate surface area is 199 Å². The van der Waals surface area contributed by atoms with Crippen molar-refractivity contribution in [2.45, 2.75) is 32.2 Å². The van der Waals surface area contributed by atoms with Crippen LogP contribution in [0.5, 0.6) is 0 Å². The predicted octanol–water partition coefficient (Wildman–Crippen LogP) is 5.77. The number of nitrogens with one attached hydrogen (secondary N) is 2. The van der Waals surface area contributed by atoms with E-state index in [9.17, 15) is 4.79 Å². The molecule has 1 aromatic carbocycles. The number of methoxy groups -OCH3 is 1. The summed E-state index contributed by atoms with van der Waals surface area (Å²) in [5.41, 5.74) is 3.18. The highest BCUT2D eigenvalue weighted by Crippen LogP contribution is 2.38. The van der Waals surface area contributed by atoms with Gasteiger partial charge in [-0.1, -0.05) is 29.3 Å². The van der Waals surface area contributed by atoms with E-state index >= 15 is 0 Å². The molecular formula is C21H20Cl2N4O2S2. The first-order valence-corrected chi connectivity index (χ1v) is 11.7. The second kappa shape index (κ2) is 9.56. The normalized spacial score (nSPS) is 12.9. The van der Waals surface area contributed by atoms with E-state index in [1.807, 2.05) is 6.20 Å². The molecule has 0 saturated carbocycles. The number of anilines is 2. The summed E-state index contributed by atoms with van der Waals surface area (Å²) in [6.45, 7) is 0.435. The number of rotatable bonds is 5. The Balaban J connectivity index is 1.47. The summed E-state index contributed by atoms with van der Waals surface area (Å²) in [4.78, 5) is 13.6. The summed E-state index contributed by atoms with van der Waals surface area (Å²) in [5.74, 6) is -0.339. The van der Waals surface area contributed by atoms with Gasteiger partial charge in [-0.25, -0.2) is 4.79 Å². The van der Waals surface area contributed by atoms with Crippen LogP contribution in [-0.4, -0.2) is 28.0 Å². The van der Waals surface area contributed by atoms with E-state index in [4.69, 9.17) is 40.2 Å². The molecule has 0 amide bonds. The van der Waals surface area contributed by atoms with Crippen LogP contribution in [0, 0.1) is 0 Å². The topological polar surface area (TPSA) is 68.2 Å². The van der Waals surface area contributed by atoms with Gasteiger partial charge in [-0.3, -0.25) is 4.68 Å². The smallest absolute Gasteiger partial charge is 0.341 e. The van der Waals surface area contributed by atoms with Crippen molar-refractivity contribution < 1.29 is 9.53 Å². The first-order valence-electron chi connectivity index (χ1n) is 9.72. The van der Waals surface area contributed by atoms with E-state index < -0.39 is 0 Å². The van der Waals surface area contributed by atoms with Gasteiger partial charge in [0.2, 0.25) is 0 Å². The van der Waals surface area contributed by atoms with E-state index in [1.165, 1.54) is 12.0 Å². The van der Waals surface area contributed by atoms with Crippen LogP contribution in [0.2, 0.25) is 10.0 Å². The molecule has 0 unspecified atom stereocenters. The Hall–Kier alpha value is -2.13. The van der Waals surface area contributed by atoms with Crippen molar-refractivity contribution in [3.63, 3.8) is 0 Å². The average molecular weight is 495 g/mol. The number of carbonyl (C=O) groups excluding carboxylic acids is 1.